The van der Waals surface area contributed by atoms with E-state index in [4.69, 9.17) is 9.47 Å². The van der Waals surface area contributed by atoms with Crippen LogP contribution in [0.5, 0.6) is 6.01 Å². The van der Waals surface area contributed by atoms with Crippen LogP contribution in [0, 0.1) is 0 Å². The first kappa shape index (κ1) is 10.3. The van der Waals surface area contributed by atoms with Crippen molar-refractivity contribution < 1.29 is 9.47 Å². The molecule has 15 heavy (non-hydrogen) atoms. The molecule has 2 heterocycles. The molecular formula is C9H15N4O2+. The third-order valence-electron chi connectivity index (χ3n) is 2.66. The van der Waals surface area contributed by atoms with Crippen LogP contribution in [0.3, 0.4) is 0 Å². The van der Waals surface area contributed by atoms with Crippen LogP contribution in [0.15, 0.2) is 6.33 Å². The van der Waals surface area contributed by atoms with Gasteiger partial charge in [0.2, 0.25) is 0 Å². The summed E-state index contributed by atoms with van der Waals surface area (Å²) in [4.78, 5) is 12.4. The molecule has 1 saturated heterocycles. The summed E-state index contributed by atoms with van der Waals surface area (Å²) in [6, 6.07) is 0.367. The minimum Gasteiger partial charge on any atom is -0.467 e. The molecular weight excluding hydrogens is 196 g/mol. The van der Waals surface area contributed by atoms with Crippen LogP contribution in [0.1, 0.15) is 0 Å². The second kappa shape index (κ2) is 4.08. The van der Waals surface area contributed by atoms with Gasteiger partial charge in [0.25, 0.3) is 0 Å². The molecule has 1 aromatic heterocycles. The summed E-state index contributed by atoms with van der Waals surface area (Å²) in [5, 5.41) is 0. The lowest BCUT2D eigenvalue weighted by atomic mass is 10.4. The third kappa shape index (κ3) is 2.05. The summed E-state index contributed by atoms with van der Waals surface area (Å²) >= 11 is 0. The van der Waals surface area contributed by atoms with Gasteiger partial charge in [-0.05, 0) is 0 Å². The Morgan fingerprint density at radius 1 is 1.33 bits per heavy atom. The molecule has 0 N–H and O–H groups in total. The molecule has 1 aliphatic rings. The molecule has 1 aliphatic heterocycles. The standard InChI is InChI=1S/C9H15N4O2/c1-13(3-5-15-6-4-13)8-10-7-11-9(12-8)14-2/h7H,3-6H2,1-2H3/q+1. The molecule has 0 radical (unpaired) electrons. The average molecular weight is 211 g/mol. The lowest BCUT2D eigenvalue weighted by molar-refractivity contribution is 0.0492. The molecule has 82 valence electrons. The van der Waals surface area contributed by atoms with E-state index in [-0.39, 0.29) is 0 Å². The molecule has 0 amide bonds. The van der Waals surface area contributed by atoms with Crippen LogP contribution in [0.2, 0.25) is 0 Å². The highest BCUT2D eigenvalue weighted by Gasteiger charge is 2.31. The molecule has 0 saturated carbocycles. The Morgan fingerprint density at radius 2 is 2.07 bits per heavy atom. The van der Waals surface area contributed by atoms with Gasteiger partial charge in [-0.3, -0.25) is 4.48 Å². The highest BCUT2D eigenvalue weighted by Crippen LogP contribution is 2.18. The van der Waals surface area contributed by atoms with Crippen molar-refractivity contribution >= 4 is 5.95 Å². The minimum absolute atomic E-state index is 0.367. The summed E-state index contributed by atoms with van der Waals surface area (Å²) in [7, 11) is 3.65. The number of quaternary nitrogens is 1. The van der Waals surface area contributed by atoms with Gasteiger partial charge in [-0.15, -0.1) is 4.98 Å². The fourth-order valence-electron chi connectivity index (χ4n) is 1.58. The monoisotopic (exact) mass is 211 g/mol. The molecule has 0 bridgehead atoms. The number of nitrogens with zero attached hydrogens (tertiary/aromatic N) is 4. The van der Waals surface area contributed by atoms with Crippen LogP contribution < -0.4 is 9.22 Å². The number of likely N-dealkylation sites (N-methyl/N-ethyl adjacent to an activating group) is 1. The normalized spacial score (nSPS) is 19.9. The van der Waals surface area contributed by atoms with Crippen molar-refractivity contribution in [2.24, 2.45) is 0 Å². The van der Waals surface area contributed by atoms with Gasteiger partial charge in [0.15, 0.2) is 0 Å². The van der Waals surface area contributed by atoms with Crippen molar-refractivity contribution in [2.75, 3.05) is 40.5 Å². The lowest BCUT2D eigenvalue weighted by Gasteiger charge is -2.34. The lowest BCUT2D eigenvalue weighted by Crippen LogP contribution is -2.54. The number of hydrogen-bond acceptors (Lipinski definition) is 5. The van der Waals surface area contributed by atoms with Gasteiger partial charge in [-0.25, -0.2) is 0 Å². The topological polar surface area (TPSA) is 57.1 Å². The predicted molar refractivity (Wildman–Crippen MR) is 54.7 cm³/mol. The highest BCUT2D eigenvalue weighted by molar-refractivity contribution is 5.24. The molecule has 0 aromatic carbocycles. The van der Waals surface area contributed by atoms with E-state index in [0.29, 0.717) is 10.5 Å². The summed E-state index contributed by atoms with van der Waals surface area (Å²) in [5.74, 6) is 0.741. The first-order chi connectivity index (χ1) is 7.24. The Balaban J connectivity index is 2.26. The number of morpholine rings is 1. The fourth-order valence-corrected chi connectivity index (χ4v) is 1.58. The number of methoxy groups -OCH3 is 1. The van der Waals surface area contributed by atoms with E-state index in [9.17, 15) is 0 Å². The van der Waals surface area contributed by atoms with Gasteiger partial charge < -0.3 is 9.47 Å². The Kier molecular flexibility index (Phi) is 2.79. The van der Waals surface area contributed by atoms with Crippen molar-refractivity contribution in [3.8, 4) is 6.01 Å². The van der Waals surface area contributed by atoms with Crippen LogP contribution in [0.25, 0.3) is 0 Å². The van der Waals surface area contributed by atoms with E-state index in [1.807, 2.05) is 0 Å². The van der Waals surface area contributed by atoms with E-state index < -0.39 is 0 Å². The molecule has 0 unspecified atom stereocenters. The van der Waals surface area contributed by atoms with E-state index in [0.717, 1.165) is 32.3 Å². The molecule has 6 heteroatoms. The van der Waals surface area contributed by atoms with Crippen molar-refractivity contribution in [2.45, 2.75) is 0 Å². The highest BCUT2D eigenvalue weighted by atomic mass is 16.5. The second-order valence-corrected chi connectivity index (χ2v) is 3.73. The molecule has 2 rings (SSSR count). The molecule has 6 nitrogen and oxygen atoms in total. The van der Waals surface area contributed by atoms with Crippen LogP contribution >= 0.6 is 0 Å². The van der Waals surface area contributed by atoms with Crippen molar-refractivity contribution in [3.63, 3.8) is 0 Å². The molecule has 1 fully saturated rings. The Morgan fingerprint density at radius 3 is 2.73 bits per heavy atom. The quantitative estimate of drug-likeness (QED) is 0.637. The Hall–Kier alpha value is -1.27. The Labute approximate surface area is 88.5 Å². The maximum absolute atomic E-state index is 5.32. The number of aromatic nitrogens is 3. The zero-order valence-corrected chi connectivity index (χ0v) is 9.01. The first-order valence-corrected chi connectivity index (χ1v) is 4.90. The second-order valence-electron chi connectivity index (χ2n) is 3.73. The maximum Gasteiger partial charge on any atom is 0.334 e. The van der Waals surface area contributed by atoms with Crippen LogP contribution in [0.4, 0.5) is 5.95 Å². The zero-order chi connectivity index (χ0) is 10.7. The van der Waals surface area contributed by atoms with E-state index >= 15 is 0 Å². The summed E-state index contributed by atoms with van der Waals surface area (Å²) in [5.41, 5.74) is 0. The Bertz CT molecular complexity index is 339. The van der Waals surface area contributed by atoms with Crippen LogP contribution in [-0.4, -0.2) is 55.4 Å². The van der Waals surface area contributed by atoms with Crippen molar-refractivity contribution in [3.05, 3.63) is 6.33 Å². The fraction of sp³-hybridized carbons (Fsp3) is 0.667. The zero-order valence-electron chi connectivity index (χ0n) is 9.01. The van der Waals surface area contributed by atoms with Gasteiger partial charge in [-0.1, -0.05) is 0 Å². The summed E-state index contributed by atoms with van der Waals surface area (Å²) in [6.07, 6.45) is 1.49. The predicted octanol–water partition coefficient (Wildman–Crippen LogP) is -0.153. The van der Waals surface area contributed by atoms with Crippen molar-refractivity contribution in [1.29, 1.82) is 0 Å². The van der Waals surface area contributed by atoms with E-state index in [1.54, 1.807) is 7.11 Å². The smallest absolute Gasteiger partial charge is 0.334 e. The number of hydrogen-bond donors (Lipinski definition) is 0. The van der Waals surface area contributed by atoms with Gasteiger partial charge in [0, 0.05) is 0 Å². The summed E-state index contributed by atoms with van der Waals surface area (Å²) < 4.78 is 11.0. The SMILES string of the molecule is COc1ncnc([N+]2(C)CCOCC2)n1. The molecule has 1 aromatic rings. The van der Waals surface area contributed by atoms with Gasteiger partial charge in [0.05, 0.1) is 27.4 Å². The van der Waals surface area contributed by atoms with E-state index in [2.05, 4.69) is 22.0 Å². The van der Waals surface area contributed by atoms with Gasteiger partial charge in [0.1, 0.15) is 19.4 Å². The first-order valence-electron chi connectivity index (χ1n) is 4.90. The van der Waals surface area contributed by atoms with Crippen molar-refractivity contribution in [1.82, 2.24) is 19.4 Å². The average Bonchev–Trinajstić information content (AvgIpc) is 2.30. The third-order valence-corrected chi connectivity index (χ3v) is 2.66. The van der Waals surface area contributed by atoms with Crippen LogP contribution in [-0.2, 0) is 4.74 Å². The molecule has 0 atom stereocenters. The minimum atomic E-state index is 0.367. The maximum atomic E-state index is 5.32. The molecule has 0 aliphatic carbocycles. The number of ether oxygens (including phenoxy) is 2. The van der Waals surface area contributed by atoms with Gasteiger partial charge in [-0.2, -0.15) is 9.97 Å². The number of rotatable bonds is 2. The summed E-state index contributed by atoms with van der Waals surface area (Å²) in [6.45, 7) is 3.25. The van der Waals surface area contributed by atoms with E-state index in [1.165, 1.54) is 6.33 Å². The largest absolute Gasteiger partial charge is 0.467 e. The van der Waals surface area contributed by atoms with Gasteiger partial charge >= 0.3 is 12.0 Å². The molecule has 0 spiro atoms.